The molecule has 1 aromatic heterocycles. The van der Waals surface area contributed by atoms with Crippen molar-refractivity contribution in [1.82, 2.24) is 9.55 Å². The summed E-state index contributed by atoms with van der Waals surface area (Å²) in [6.45, 7) is 23.7. The highest BCUT2D eigenvalue weighted by Crippen LogP contribution is 2.40. The molecule has 0 N–H and O–H groups in total. The summed E-state index contributed by atoms with van der Waals surface area (Å²) in [5.41, 5.74) is 7.31. The molecule has 152 valence electrons. The predicted molar refractivity (Wildman–Crippen MR) is 127 cm³/mol. The lowest BCUT2D eigenvalue weighted by Gasteiger charge is -2.23. The number of hydrogen-bond donors (Lipinski definition) is 0. The summed E-state index contributed by atoms with van der Waals surface area (Å²) in [6, 6.07) is 19.8. The van der Waals surface area contributed by atoms with Crippen LogP contribution in [0.3, 0.4) is 0 Å². The Morgan fingerprint density at radius 2 is 1.39 bits per heavy atom. The zero-order valence-electron chi connectivity index (χ0n) is 18.2. The van der Waals surface area contributed by atoms with Crippen LogP contribution in [0.4, 0.5) is 11.4 Å². The van der Waals surface area contributed by atoms with Crippen LogP contribution in [0.15, 0.2) is 60.7 Å². The fraction of sp³-hybridized carbons (Fsp3) is 0.222. The Morgan fingerprint density at radius 1 is 0.774 bits per heavy atom. The number of fused-ring (bicyclic) bond motifs is 1. The van der Waals surface area contributed by atoms with Crippen LogP contribution in [0.25, 0.3) is 37.8 Å². The van der Waals surface area contributed by atoms with E-state index in [1.165, 1.54) is 0 Å². The van der Waals surface area contributed by atoms with Crippen LogP contribution in [0.5, 0.6) is 0 Å². The first-order valence-corrected chi connectivity index (χ1v) is 10.5. The largest absolute Gasteiger partial charge is 0.293 e. The number of imidazole rings is 1. The third-order valence-electron chi connectivity index (χ3n) is 5.55. The molecular formula is C27H24N4. The van der Waals surface area contributed by atoms with Gasteiger partial charge in [-0.2, -0.15) is 0 Å². The quantitative estimate of drug-likeness (QED) is 0.316. The summed E-state index contributed by atoms with van der Waals surface area (Å²) in [4.78, 5) is 12.4. The average Bonchev–Trinajstić information content (AvgIpc) is 3.16. The summed E-state index contributed by atoms with van der Waals surface area (Å²) < 4.78 is 2.19. The maximum atomic E-state index is 7.60. The van der Waals surface area contributed by atoms with Crippen LogP contribution in [0.1, 0.15) is 50.7 Å². The van der Waals surface area contributed by atoms with Gasteiger partial charge in [0.25, 0.3) is 0 Å². The van der Waals surface area contributed by atoms with Gasteiger partial charge in [-0.25, -0.2) is 14.7 Å². The molecule has 0 atom stereocenters. The molecule has 4 heteroatoms. The first kappa shape index (κ1) is 20.4. The summed E-state index contributed by atoms with van der Waals surface area (Å²) in [7, 11) is 0. The van der Waals surface area contributed by atoms with Gasteiger partial charge in [0.05, 0.1) is 29.9 Å². The lowest BCUT2D eigenvalue weighted by Crippen LogP contribution is -2.08. The molecule has 4 nitrogen and oxygen atoms in total. The van der Waals surface area contributed by atoms with Gasteiger partial charge in [0.1, 0.15) is 5.82 Å². The van der Waals surface area contributed by atoms with Gasteiger partial charge in [-0.15, -0.1) is 0 Å². The standard InChI is InChI=1S/C27H24N4/c1-17(2)22-14-21(29-6)15-23(18(3)4)26(22)31-25-16-20(28-5)12-13-24(25)30-27(31)19-10-8-7-9-11-19/h7-18H,1-4H3. The Kier molecular flexibility index (Phi) is 5.32. The van der Waals surface area contributed by atoms with Crippen molar-refractivity contribution in [3.05, 3.63) is 94.6 Å². The third-order valence-corrected chi connectivity index (χ3v) is 5.55. The molecule has 0 aliphatic carbocycles. The molecule has 0 fully saturated rings. The molecule has 0 radical (unpaired) electrons. The van der Waals surface area contributed by atoms with Gasteiger partial charge in [-0.1, -0.05) is 76.2 Å². The fourth-order valence-electron chi connectivity index (χ4n) is 4.01. The molecule has 0 amide bonds. The molecule has 0 spiro atoms. The first-order valence-electron chi connectivity index (χ1n) is 10.5. The number of benzene rings is 3. The molecule has 0 saturated carbocycles. The van der Waals surface area contributed by atoms with E-state index in [0.29, 0.717) is 11.4 Å². The molecule has 31 heavy (non-hydrogen) atoms. The normalized spacial score (nSPS) is 11.1. The van der Waals surface area contributed by atoms with E-state index in [-0.39, 0.29) is 11.8 Å². The summed E-state index contributed by atoms with van der Waals surface area (Å²) in [5.74, 6) is 1.29. The van der Waals surface area contributed by atoms with Crippen LogP contribution < -0.4 is 0 Å². The third kappa shape index (κ3) is 3.58. The van der Waals surface area contributed by atoms with Gasteiger partial charge in [-0.05, 0) is 35.1 Å². The highest BCUT2D eigenvalue weighted by atomic mass is 15.1. The lowest BCUT2D eigenvalue weighted by atomic mass is 9.91. The number of aromatic nitrogens is 2. The van der Waals surface area contributed by atoms with E-state index in [4.69, 9.17) is 18.1 Å². The zero-order valence-corrected chi connectivity index (χ0v) is 18.2. The SMILES string of the molecule is [C-]#[N+]c1cc(C(C)C)c(-n2c(-c3ccccc3)nc3ccc([N+]#[C-])cc32)c(C(C)C)c1. The second-order valence-electron chi connectivity index (χ2n) is 8.32. The smallest absolute Gasteiger partial charge is 0.189 e. The summed E-state index contributed by atoms with van der Waals surface area (Å²) >= 11 is 0. The summed E-state index contributed by atoms with van der Waals surface area (Å²) in [5, 5.41) is 0. The Balaban J connectivity index is 2.20. The van der Waals surface area contributed by atoms with E-state index in [1.54, 1.807) is 0 Å². The van der Waals surface area contributed by atoms with Crippen molar-refractivity contribution in [2.75, 3.05) is 0 Å². The van der Waals surface area contributed by atoms with E-state index >= 15 is 0 Å². The predicted octanol–water partition coefficient (Wildman–Crippen LogP) is 8.04. The minimum Gasteiger partial charge on any atom is -0.293 e. The van der Waals surface area contributed by atoms with Gasteiger partial charge < -0.3 is 0 Å². The van der Waals surface area contributed by atoms with E-state index < -0.39 is 0 Å². The van der Waals surface area contributed by atoms with Crippen molar-refractivity contribution in [3.8, 4) is 17.1 Å². The van der Waals surface area contributed by atoms with Crippen molar-refractivity contribution >= 4 is 22.4 Å². The molecule has 0 bridgehead atoms. The van der Waals surface area contributed by atoms with Crippen LogP contribution in [-0.4, -0.2) is 9.55 Å². The molecule has 3 aromatic carbocycles. The van der Waals surface area contributed by atoms with Crippen LogP contribution in [0, 0.1) is 13.1 Å². The Labute approximate surface area is 183 Å². The van der Waals surface area contributed by atoms with Crippen molar-refractivity contribution in [2.24, 2.45) is 0 Å². The fourth-order valence-corrected chi connectivity index (χ4v) is 4.01. The average molecular weight is 405 g/mol. The molecular weight excluding hydrogens is 380 g/mol. The van der Waals surface area contributed by atoms with E-state index in [9.17, 15) is 0 Å². The van der Waals surface area contributed by atoms with E-state index in [1.807, 2.05) is 48.5 Å². The van der Waals surface area contributed by atoms with Gasteiger partial charge in [0.15, 0.2) is 11.4 Å². The summed E-state index contributed by atoms with van der Waals surface area (Å²) in [6.07, 6.45) is 0. The Hall–Kier alpha value is -3.89. The topological polar surface area (TPSA) is 26.5 Å². The van der Waals surface area contributed by atoms with Crippen LogP contribution in [0.2, 0.25) is 0 Å². The zero-order chi connectivity index (χ0) is 22.1. The Bertz CT molecular complexity index is 1320. The number of hydrogen-bond acceptors (Lipinski definition) is 1. The van der Waals surface area contributed by atoms with E-state index in [0.717, 1.165) is 39.2 Å². The molecule has 0 aliphatic heterocycles. The van der Waals surface area contributed by atoms with Crippen molar-refractivity contribution in [3.63, 3.8) is 0 Å². The molecule has 1 heterocycles. The number of rotatable bonds is 4. The Morgan fingerprint density at radius 3 is 1.94 bits per heavy atom. The maximum Gasteiger partial charge on any atom is 0.189 e. The van der Waals surface area contributed by atoms with Crippen molar-refractivity contribution in [2.45, 2.75) is 39.5 Å². The lowest BCUT2D eigenvalue weighted by molar-refractivity contribution is 0.812. The highest BCUT2D eigenvalue weighted by molar-refractivity contribution is 5.87. The molecule has 0 aliphatic rings. The van der Waals surface area contributed by atoms with Crippen LogP contribution in [-0.2, 0) is 0 Å². The van der Waals surface area contributed by atoms with E-state index in [2.05, 4.69) is 54.1 Å². The second-order valence-corrected chi connectivity index (χ2v) is 8.32. The molecule has 0 saturated heterocycles. The molecule has 0 unspecified atom stereocenters. The second kappa shape index (κ2) is 8.09. The van der Waals surface area contributed by atoms with Gasteiger partial charge in [-0.3, -0.25) is 4.57 Å². The minimum absolute atomic E-state index is 0.222. The molecule has 4 rings (SSSR count). The maximum absolute atomic E-state index is 7.60. The number of nitrogens with zero attached hydrogens (tertiary/aromatic N) is 4. The minimum atomic E-state index is 0.222. The van der Waals surface area contributed by atoms with Gasteiger partial charge >= 0.3 is 0 Å². The van der Waals surface area contributed by atoms with Crippen molar-refractivity contribution < 1.29 is 0 Å². The van der Waals surface area contributed by atoms with Crippen molar-refractivity contribution in [1.29, 1.82) is 0 Å². The molecule has 4 aromatic rings. The monoisotopic (exact) mass is 404 g/mol. The highest BCUT2D eigenvalue weighted by Gasteiger charge is 2.23. The van der Waals surface area contributed by atoms with Gasteiger partial charge in [0.2, 0.25) is 0 Å². The van der Waals surface area contributed by atoms with Crippen LogP contribution >= 0.6 is 0 Å². The first-order chi connectivity index (χ1) is 14.9. The van der Waals surface area contributed by atoms with Gasteiger partial charge in [0, 0.05) is 5.56 Å².